The molecule has 3 aliphatic carbocycles. The van der Waals surface area contributed by atoms with Crippen LogP contribution in [0.15, 0.2) is 0 Å². The molecule has 4 fully saturated rings. The Kier molecular flexibility index (Phi) is 8.32. The first-order chi connectivity index (χ1) is 14.8. The molecule has 0 aromatic rings. The molecule has 4 aliphatic rings. The third-order valence-electron chi connectivity index (χ3n) is 9.78. The highest BCUT2D eigenvalue weighted by atomic mass is 35.5. The molecule has 3 nitrogen and oxygen atoms in total. The summed E-state index contributed by atoms with van der Waals surface area (Å²) in [7, 11) is 0. The van der Waals surface area contributed by atoms with Gasteiger partial charge in [-0.05, 0) is 87.9 Å². The van der Waals surface area contributed by atoms with Gasteiger partial charge in [0.25, 0.3) is 0 Å². The number of piperidine rings is 1. The monoisotopic (exact) mass is 451 g/mol. The van der Waals surface area contributed by atoms with E-state index in [1.54, 1.807) is 0 Å². The molecule has 9 unspecified atom stereocenters. The highest BCUT2D eigenvalue weighted by Gasteiger charge is 2.42. The van der Waals surface area contributed by atoms with Crippen LogP contribution in [0.3, 0.4) is 0 Å². The van der Waals surface area contributed by atoms with E-state index < -0.39 is 0 Å². The van der Waals surface area contributed by atoms with Gasteiger partial charge < -0.3 is 16.0 Å². The maximum absolute atomic E-state index is 6.53. The van der Waals surface area contributed by atoms with Gasteiger partial charge in [0.05, 0.1) is 0 Å². The first kappa shape index (κ1) is 24.3. The SMILES string of the molecule is CC1CCCC(C)C1NC(C)C1CCC2CCCC(NC3C(C)CC(Cl)CC3C)C2N1. The molecular formula is C27H50ClN3. The van der Waals surface area contributed by atoms with Gasteiger partial charge in [0.2, 0.25) is 0 Å². The van der Waals surface area contributed by atoms with Crippen LogP contribution in [0.2, 0.25) is 0 Å². The molecule has 1 heterocycles. The van der Waals surface area contributed by atoms with Gasteiger partial charge in [0, 0.05) is 41.6 Å². The summed E-state index contributed by atoms with van der Waals surface area (Å²) in [6.07, 6.45) is 13.4. The minimum atomic E-state index is 0.371. The zero-order chi connectivity index (χ0) is 22.1. The fraction of sp³-hybridized carbons (Fsp3) is 1.00. The Morgan fingerprint density at radius 2 is 1.42 bits per heavy atom. The minimum absolute atomic E-state index is 0.371. The molecule has 0 aromatic carbocycles. The second-order valence-corrected chi connectivity index (χ2v) is 12.9. The van der Waals surface area contributed by atoms with Crippen LogP contribution in [0.1, 0.15) is 98.8 Å². The predicted octanol–water partition coefficient (Wildman–Crippen LogP) is 5.71. The third kappa shape index (κ3) is 5.64. The summed E-state index contributed by atoms with van der Waals surface area (Å²) >= 11 is 6.53. The number of hydrogen-bond acceptors (Lipinski definition) is 3. The summed E-state index contributed by atoms with van der Waals surface area (Å²) in [5.41, 5.74) is 0. The fourth-order valence-electron chi connectivity index (χ4n) is 7.93. The Bertz CT molecular complexity index is 549. The lowest BCUT2D eigenvalue weighted by Crippen LogP contribution is -2.65. The maximum atomic E-state index is 6.53. The number of alkyl halides is 1. The van der Waals surface area contributed by atoms with E-state index in [9.17, 15) is 0 Å². The first-order valence-corrected chi connectivity index (χ1v) is 14.2. The number of halogens is 1. The van der Waals surface area contributed by atoms with Crippen molar-refractivity contribution in [2.24, 2.45) is 29.6 Å². The van der Waals surface area contributed by atoms with Gasteiger partial charge >= 0.3 is 0 Å². The molecule has 0 spiro atoms. The van der Waals surface area contributed by atoms with E-state index in [0.29, 0.717) is 53.5 Å². The maximum Gasteiger partial charge on any atom is 0.0342 e. The zero-order valence-corrected chi connectivity index (χ0v) is 21.6. The molecule has 4 rings (SSSR count). The van der Waals surface area contributed by atoms with Crippen molar-refractivity contribution in [3.05, 3.63) is 0 Å². The van der Waals surface area contributed by atoms with Gasteiger partial charge in [-0.15, -0.1) is 11.6 Å². The molecule has 0 bridgehead atoms. The summed E-state index contributed by atoms with van der Waals surface area (Å²) in [5, 5.41) is 12.9. The number of nitrogens with one attached hydrogen (secondary N) is 3. The van der Waals surface area contributed by atoms with Crippen molar-refractivity contribution in [1.82, 2.24) is 16.0 Å². The second-order valence-electron chi connectivity index (χ2n) is 12.3. The topological polar surface area (TPSA) is 36.1 Å². The number of rotatable bonds is 5. The van der Waals surface area contributed by atoms with Crippen LogP contribution in [0.4, 0.5) is 0 Å². The summed E-state index contributed by atoms with van der Waals surface area (Å²) < 4.78 is 0. The van der Waals surface area contributed by atoms with Crippen molar-refractivity contribution in [2.75, 3.05) is 0 Å². The van der Waals surface area contributed by atoms with Crippen molar-refractivity contribution < 1.29 is 0 Å². The molecule has 1 saturated heterocycles. The average Bonchev–Trinajstić information content (AvgIpc) is 2.73. The van der Waals surface area contributed by atoms with Crippen LogP contribution in [-0.4, -0.2) is 41.6 Å². The molecule has 31 heavy (non-hydrogen) atoms. The van der Waals surface area contributed by atoms with E-state index in [-0.39, 0.29) is 0 Å². The molecule has 0 aromatic heterocycles. The summed E-state index contributed by atoms with van der Waals surface area (Å²) in [6.45, 7) is 12.2. The Hall–Kier alpha value is 0.170. The van der Waals surface area contributed by atoms with Gasteiger partial charge in [-0.25, -0.2) is 0 Å². The zero-order valence-electron chi connectivity index (χ0n) is 20.9. The molecule has 9 atom stereocenters. The highest BCUT2D eigenvalue weighted by molar-refractivity contribution is 6.20. The molecular weight excluding hydrogens is 402 g/mol. The molecule has 4 heteroatoms. The lowest BCUT2D eigenvalue weighted by atomic mass is 9.72. The Balaban J connectivity index is 1.37. The summed E-state index contributed by atoms with van der Waals surface area (Å²) in [5.74, 6) is 3.84. The Morgan fingerprint density at radius 1 is 0.774 bits per heavy atom. The van der Waals surface area contributed by atoms with E-state index in [1.807, 2.05) is 0 Å². The average molecular weight is 452 g/mol. The summed E-state index contributed by atoms with van der Waals surface area (Å²) in [4.78, 5) is 0. The Morgan fingerprint density at radius 3 is 2.10 bits per heavy atom. The first-order valence-electron chi connectivity index (χ1n) is 13.8. The van der Waals surface area contributed by atoms with Crippen LogP contribution >= 0.6 is 11.6 Å². The third-order valence-corrected chi connectivity index (χ3v) is 10.1. The predicted molar refractivity (Wildman–Crippen MR) is 134 cm³/mol. The van der Waals surface area contributed by atoms with Crippen LogP contribution in [0.5, 0.6) is 0 Å². The minimum Gasteiger partial charge on any atom is -0.309 e. The van der Waals surface area contributed by atoms with Gasteiger partial charge in [0.1, 0.15) is 0 Å². The Labute approximate surface area is 197 Å². The van der Waals surface area contributed by atoms with Crippen molar-refractivity contribution in [3.8, 4) is 0 Å². The lowest BCUT2D eigenvalue weighted by Gasteiger charge is -2.50. The van der Waals surface area contributed by atoms with Gasteiger partial charge in [0.15, 0.2) is 0 Å². The van der Waals surface area contributed by atoms with Gasteiger partial charge in [-0.1, -0.05) is 40.5 Å². The lowest BCUT2D eigenvalue weighted by molar-refractivity contribution is 0.0918. The smallest absolute Gasteiger partial charge is 0.0342 e. The van der Waals surface area contributed by atoms with Crippen LogP contribution in [0.25, 0.3) is 0 Å². The van der Waals surface area contributed by atoms with Crippen molar-refractivity contribution in [3.63, 3.8) is 0 Å². The molecule has 180 valence electrons. The number of fused-ring (bicyclic) bond motifs is 1. The van der Waals surface area contributed by atoms with E-state index in [2.05, 4.69) is 50.6 Å². The number of hydrogen-bond donors (Lipinski definition) is 3. The quantitative estimate of drug-likeness (QED) is 0.468. The van der Waals surface area contributed by atoms with Crippen LogP contribution in [-0.2, 0) is 0 Å². The molecule has 0 amide bonds. The van der Waals surface area contributed by atoms with Crippen molar-refractivity contribution in [1.29, 1.82) is 0 Å². The van der Waals surface area contributed by atoms with E-state index in [0.717, 1.165) is 17.8 Å². The molecule has 1 aliphatic heterocycles. The van der Waals surface area contributed by atoms with E-state index in [4.69, 9.17) is 11.6 Å². The standard InChI is InChI=1S/C27H50ClN3/c1-16-8-6-9-17(2)25(16)29-20(5)23-13-12-21-10-7-11-24(27(21)30-23)31-26-18(3)14-22(28)15-19(26)4/h16-27,29-31H,6-15H2,1-5H3. The van der Waals surface area contributed by atoms with Crippen LogP contribution < -0.4 is 16.0 Å². The van der Waals surface area contributed by atoms with E-state index in [1.165, 1.54) is 64.2 Å². The van der Waals surface area contributed by atoms with Gasteiger partial charge in [-0.3, -0.25) is 0 Å². The second kappa shape index (κ2) is 10.6. The van der Waals surface area contributed by atoms with Crippen molar-refractivity contribution >= 4 is 11.6 Å². The molecule has 0 radical (unpaired) electrons. The fourth-order valence-corrected chi connectivity index (χ4v) is 8.49. The normalized spacial score (nSPS) is 49.9. The summed E-state index contributed by atoms with van der Waals surface area (Å²) in [6, 6.07) is 3.75. The molecule has 3 saturated carbocycles. The van der Waals surface area contributed by atoms with Crippen molar-refractivity contribution in [2.45, 2.75) is 140 Å². The van der Waals surface area contributed by atoms with E-state index >= 15 is 0 Å². The highest BCUT2D eigenvalue weighted by Crippen LogP contribution is 2.37. The van der Waals surface area contributed by atoms with Crippen LogP contribution in [0, 0.1) is 29.6 Å². The molecule has 3 N–H and O–H groups in total. The van der Waals surface area contributed by atoms with Gasteiger partial charge in [-0.2, -0.15) is 0 Å². The largest absolute Gasteiger partial charge is 0.309 e.